The Bertz CT molecular complexity index is 291. The molecule has 1 amide bonds. The van der Waals surface area contributed by atoms with Crippen LogP contribution < -0.4 is 0 Å². The molecule has 1 aliphatic carbocycles. The number of nitrogens with zero attached hydrogens (tertiary/aromatic N) is 1. The monoisotopic (exact) mass is 283 g/mol. The van der Waals surface area contributed by atoms with Crippen LogP contribution in [0.2, 0.25) is 0 Å². The highest BCUT2D eigenvalue weighted by molar-refractivity contribution is 5.83. The van der Waals surface area contributed by atoms with E-state index in [4.69, 9.17) is 0 Å². The van der Waals surface area contributed by atoms with Gasteiger partial charge in [0.1, 0.15) is 0 Å². The number of aliphatic hydroxyl groups is 1. The summed E-state index contributed by atoms with van der Waals surface area (Å²) in [5.41, 5.74) is -0.147. The van der Waals surface area contributed by atoms with Gasteiger partial charge in [0, 0.05) is 18.0 Å². The van der Waals surface area contributed by atoms with E-state index in [9.17, 15) is 9.90 Å². The average molecular weight is 283 g/mol. The van der Waals surface area contributed by atoms with Crippen molar-refractivity contribution in [2.24, 2.45) is 11.3 Å². The van der Waals surface area contributed by atoms with E-state index in [-0.39, 0.29) is 18.1 Å². The molecular weight excluding hydrogens is 250 g/mol. The van der Waals surface area contributed by atoms with Crippen molar-refractivity contribution in [2.75, 3.05) is 13.2 Å². The summed E-state index contributed by atoms with van der Waals surface area (Å²) in [5.74, 6) is 0.862. The van der Waals surface area contributed by atoms with Crippen molar-refractivity contribution in [3.8, 4) is 0 Å². The molecule has 118 valence electrons. The van der Waals surface area contributed by atoms with Gasteiger partial charge in [0.15, 0.2) is 0 Å². The largest absolute Gasteiger partial charge is 0.395 e. The zero-order valence-corrected chi connectivity index (χ0v) is 13.8. The first kappa shape index (κ1) is 17.5. The number of carbonyl (C=O) groups excluding carboxylic acids is 1. The summed E-state index contributed by atoms with van der Waals surface area (Å²) in [5, 5.41) is 9.34. The maximum absolute atomic E-state index is 13.2. The van der Waals surface area contributed by atoms with Gasteiger partial charge >= 0.3 is 0 Å². The number of amides is 1. The maximum atomic E-state index is 13.2. The van der Waals surface area contributed by atoms with E-state index in [2.05, 4.69) is 27.7 Å². The Labute approximate surface area is 124 Å². The minimum absolute atomic E-state index is 0.0694. The fourth-order valence-corrected chi connectivity index (χ4v) is 3.93. The van der Waals surface area contributed by atoms with Crippen molar-refractivity contribution in [2.45, 2.75) is 78.7 Å². The first-order chi connectivity index (χ1) is 9.50. The van der Waals surface area contributed by atoms with Gasteiger partial charge in [-0.2, -0.15) is 0 Å². The number of aliphatic hydroxyl groups excluding tert-OH is 1. The van der Waals surface area contributed by atoms with E-state index in [1.807, 2.05) is 4.90 Å². The Balaban J connectivity index is 2.94. The van der Waals surface area contributed by atoms with Crippen molar-refractivity contribution >= 4 is 5.91 Å². The van der Waals surface area contributed by atoms with Gasteiger partial charge < -0.3 is 10.0 Å². The second-order valence-corrected chi connectivity index (χ2v) is 6.78. The predicted octanol–water partition coefficient (Wildman–Crippen LogP) is 3.60. The van der Waals surface area contributed by atoms with Crippen molar-refractivity contribution in [1.29, 1.82) is 0 Å². The second kappa shape index (κ2) is 8.02. The van der Waals surface area contributed by atoms with Gasteiger partial charge in [-0.15, -0.1) is 0 Å². The van der Waals surface area contributed by atoms with Crippen molar-refractivity contribution < 1.29 is 9.90 Å². The predicted molar refractivity (Wildman–Crippen MR) is 83.5 cm³/mol. The smallest absolute Gasteiger partial charge is 0.229 e. The second-order valence-electron chi connectivity index (χ2n) is 6.78. The lowest BCUT2D eigenvalue weighted by Gasteiger charge is -2.39. The Morgan fingerprint density at radius 3 is 2.15 bits per heavy atom. The molecule has 0 atom stereocenters. The fraction of sp³-hybridized carbons (Fsp3) is 0.941. The highest BCUT2D eigenvalue weighted by atomic mass is 16.3. The van der Waals surface area contributed by atoms with Gasteiger partial charge in [-0.05, 0) is 38.0 Å². The van der Waals surface area contributed by atoms with Crippen LogP contribution in [0.1, 0.15) is 72.6 Å². The molecule has 0 saturated heterocycles. The van der Waals surface area contributed by atoms with E-state index in [0.717, 1.165) is 32.1 Å². The Morgan fingerprint density at radius 1 is 1.20 bits per heavy atom. The summed E-state index contributed by atoms with van der Waals surface area (Å²) >= 11 is 0. The molecule has 1 rings (SSSR count). The molecule has 3 nitrogen and oxygen atoms in total. The molecule has 0 radical (unpaired) electrons. The molecule has 0 aromatic carbocycles. The number of hydrogen-bond donors (Lipinski definition) is 1. The molecule has 0 aliphatic heterocycles. The lowest BCUT2D eigenvalue weighted by atomic mass is 9.77. The van der Waals surface area contributed by atoms with Gasteiger partial charge in [0.05, 0.1) is 6.61 Å². The van der Waals surface area contributed by atoms with E-state index in [1.165, 1.54) is 12.8 Å². The first-order valence-electron chi connectivity index (χ1n) is 8.42. The van der Waals surface area contributed by atoms with Crippen LogP contribution in [0.5, 0.6) is 0 Å². The molecule has 0 aromatic rings. The molecule has 0 spiro atoms. The van der Waals surface area contributed by atoms with E-state index in [0.29, 0.717) is 18.4 Å². The lowest BCUT2D eigenvalue weighted by Crippen LogP contribution is -2.49. The van der Waals surface area contributed by atoms with Crippen LogP contribution in [0.15, 0.2) is 0 Å². The van der Waals surface area contributed by atoms with Crippen LogP contribution in [0.25, 0.3) is 0 Å². The standard InChI is InChI=1S/C17H33NO2/c1-5-15(6-2)18(11-12-19)16(20)17(13-14(3)4)9-7-8-10-17/h14-15,19H,5-13H2,1-4H3. The van der Waals surface area contributed by atoms with Crippen LogP contribution in [-0.4, -0.2) is 35.1 Å². The van der Waals surface area contributed by atoms with Crippen molar-refractivity contribution in [3.63, 3.8) is 0 Å². The summed E-state index contributed by atoms with van der Waals surface area (Å²) in [4.78, 5) is 15.1. The molecule has 1 N–H and O–H groups in total. The zero-order chi connectivity index (χ0) is 15.2. The molecule has 0 unspecified atom stereocenters. The molecule has 0 bridgehead atoms. The van der Waals surface area contributed by atoms with E-state index >= 15 is 0 Å². The van der Waals surface area contributed by atoms with Gasteiger partial charge in [-0.1, -0.05) is 40.5 Å². The third-order valence-corrected chi connectivity index (χ3v) is 4.80. The molecule has 0 aromatic heterocycles. The summed E-state index contributed by atoms with van der Waals surface area (Å²) in [6, 6.07) is 0.277. The highest BCUT2D eigenvalue weighted by Gasteiger charge is 2.44. The molecule has 1 saturated carbocycles. The SMILES string of the molecule is CCC(CC)N(CCO)C(=O)C1(CC(C)C)CCCC1. The minimum Gasteiger partial charge on any atom is -0.395 e. The quantitative estimate of drug-likeness (QED) is 0.739. The topological polar surface area (TPSA) is 40.5 Å². The molecule has 1 aliphatic rings. The summed E-state index contributed by atoms with van der Waals surface area (Å²) in [7, 11) is 0. The van der Waals surface area contributed by atoms with Crippen molar-refractivity contribution in [1.82, 2.24) is 4.90 Å². The van der Waals surface area contributed by atoms with Crippen LogP contribution in [0, 0.1) is 11.3 Å². The summed E-state index contributed by atoms with van der Waals surface area (Å²) < 4.78 is 0. The molecule has 1 fully saturated rings. The molecule has 20 heavy (non-hydrogen) atoms. The third-order valence-electron chi connectivity index (χ3n) is 4.80. The Hall–Kier alpha value is -0.570. The fourth-order valence-electron chi connectivity index (χ4n) is 3.93. The summed E-state index contributed by atoms with van der Waals surface area (Å²) in [6.07, 6.45) is 7.36. The van der Waals surface area contributed by atoms with E-state index in [1.54, 1.807) is 0 Å². The van der Waals surface area contributed by atoms with Gasteiger partial charge in [-0.25, -0.2) is 0 Å². The van der Waals surface area contributed by atoms with Gasteiger partial charge in [0.2, 0.25) is 5.91 Å². The van der Waals surface area contributed by atoms with Crippen LogP contribution in [0.3, 0.4) is 0 Å². The number of hydrogen-bond acceptors (Lipinski definition) is 2. The Morgan fingerprint density at radius 2 is 1.75 bits per heavy atom. The Kier molecular flexibility index (Phi) is 7.01. The first-order valence-corrected chi connectivity index (χ1v) is 8.42. The van der Waals surface area contributed by atoms with Crippen LogP contribution >= 0.6 is 0 Å². The number of carbonyl (C=O) groups is 1. The van der Waals surface area contributed by atoms with Crippen LogP contribution in [-0.2, 0) is 4.79 Å². The zero-order valence-electron chi connectivity index (χ0n) is 13.8. The van der Waals surface area contributed by atoms with Crippen molar-refractivity contribution in [3.05, 3.63) is 0 Å². The highest BCUT2D eigenvalue weighted by Crippen LogP contribution is 2.45. The molecule has 3 heteroatoms. The van der Waals surface area contributed by atoms with E-state index < -0.39 is 0 Å². The molecule has 0 heterocycles. The summed E-state index contributed by atoms with van der Waals surface area (Å²) in [6.45, 7) is 9.25. The lowest BCUT2D eigenvalue weighted by molar-refractivity contribution is -0.146. The van der Waals surface area contributed by atoms with Gasteiger partial charge in [0.25, 0.3) is 0 Å². The maximum Gasteiger partial charge on any atom is 0.229 e. The number of rotatable bonds is 8. The average Bonchev–Trinajstić information content (AvgIpc) is 2.87. The normalized spacial score (nSPS) is 17.9. The third kappa shape index (κ3) is 3.97. The van der Waals surface area contributed by atoms with Gasteiger partial charge in [-0.3, -0.25) is 4.79 Å². The molecular formula is C17H33NO2. The minimum atomic E-state index is -0.147. The van der Waals surface area contributed by atoms with Crippen LogP contribution in [0.4, 0.5) is 0 Å².